The monoisotopic (exact) mass is 344 g/mol. The summed E-state index contributed by atoms with van der Waals surface area (Å²) in [6.07, 6.45) is 1.16. The quantitative estimate of drug-likeness (QED) is 0.473. The summed E-state index contributed by atoms with van der Waals surface area (Å²) in [7, 11) is 0. The van der Waals surface area contributed by atoms with Crippen molar-refractivity contribution in [3.63, 3.8) is 0 Å². The number of non-ortho nitro benzene ring substituents is 1. The largest absolute Gasteiger partial charge is 0.369 e. The van der Waals surface area contributed by atoms with Crippen LogP contribution in [0.25, 0.3) is 0 Å². The van der Waals surface area contributed by atoms with E-state index < -0.39 is 0 Å². The highest BCUT2D eigenvalue weighted by Crippen LogP contribution is 2.31. The van der Waals surface area contributed by atoms with Gasteiger partial charge < -0.3 is 4.90 Å². The predicted octanol–water partition coefficient (Wildman–Crippen LogP) is 3.82. The maximum atomic E-state index is 10.8. The zero-order chi connectivity index (χ0) is 13.8. The van der Waals surface area contributed by atoms with E-state index in [1.165, 1.54) is 0 Å². The fourth-order valence-corrected chi connectivity index (χ4v) is 3.92. The molecule has 0 aliphatic carbocycles. The lowest BCUT2D eigenvalue weighted by Crippen LogP contribution is -2.38. The molecule has 1 aliphatic heterocycles. The molecule has 1 aromatic carbocycles. The Morgan fingerprint density at radius 3 is 3.00 bits per heavy atom. The number of alkyl halides is 1. The van der Waals surface area contributed by atoms with Crippen molar-refractivity contribution < 1.29 is 4.92 Å². The summed E-state index contributed by atoms with van der Waals surface area (Å²) in [4.78, 5) is 12.8. The van der Waals surface area contributed by atoms with E-state index in [4.69, 9.17) is 0 Å². The number of nitro groups is 1. The molecule has 1 unspecified atom stereocenters. The third-order valence-corrected chi connectivity index (χ3v) is 5.33. The topological polar surface area (TPSA) is 46.4 Å². The number of thioether (sulfide) groups is 1. The number of rotatable bonds is 4. The molecule has 1 heterocycles. The molecule has 1 aromatic rings. The van der Waals surface area contributed by atoms with Crippen molar-refractivity contribution in [2.24, 2.45) is 0 Å². The van der Waals surface area contributed by atoms with Gasteiger partial charge in [-0.3, -0.25) is 10.1 Å². The van der Waals surface area contributed by atoms with E-state index in [0.29, 0.717) is 10.6 Å². The van der Waals surface area contributed by atoms with Gasteiger partial charge in [-0.2, -0.15) is 11.8 Å². The lowest BCUT2D eigenvalue weighted by atomic mass is 10.1. The molecule has 1 atom stereocenters. The van der Waals surface area contributed by atoms with Crippen LogP contribution in [-0.4, -0.2) is 29.0 Å². The van der Waals surface area contributed by atoms with Crippen LogP contribution in [0.3, 0.4) is 0 Å². The molecule has 1 aliphatic rings. The number of anilines is 1. The minimum atomic E-state index is -0.336. The zero-order valence-corrected chi connectivity index (χ0v) is 13.2. The van der Waals surface area contributed by atoms with Gasteiger partial charge in [-0.1, -0.05) is 22.9 Å². The van der Waals surface area contributed by atoms with Crippen molar-refractivity contribution in [2.45, 2.75) is 23.9 Å². The van der Waals surface area contributed by atoms with Gasteiger partial charge in [-0.25, -0.2) is 0 Å². The number of hydrogen-bond acceptors (Lipinski definition) is 4. The summed E-state index contributed by atoms with van der Waals surface area (Å²) in [5.41, 5.74) is 2.29. The highest BCUT2D eigenvalue weighted by Gasteiger charge is 2.22. The normalized spacial score (nSPS) is 19.5. The third-order valence-electron chi connectivity index (χ3n) is 3.35. The van der Waals surface area contributed by atoms with Gasteiger partial charge in [0, 0.05) is 47.2 Å². The van der Waals surface area contributed by atoms with E-state index in [0.717, 1.165) is 36.5 Å². The standard InChI is InChI=1S/C13H17BrN2O2S/c1-2-12-9-15(5-6-19-12)13-4-3-11(16(17)18)7-10(13)8-14/h3-4,7,12H,2,5-6,8-9H2,1H3. The van der Waals surface area contributed by atoms with Crippen LogP contribution in [0, 0.1) is 10.1 Å². The Kier molecular flexibility index (Phi) is 5.10. The lowest BCUT2D eigenvalue weighted by molar-refractivity contribution is -0.384. The van der Waals surface area contributed by atoms with Gasteiger partial charge in [-0.15, -0.1) is 0 Å². The first kappa shape index (κ1) is 14.7. The van der Waals surface area contributed by atoms with Gasteiger partial charge in [-0.05, 0) is 18.1 Å². The van der Waals surface area contributed by atoms with E-state index in [1.807, 2.05) is 17.8 Å². The number of hydrogen-bond donors (Lipinski definition) is 0. The number of nitrogens with zero attached hydrogens (tertiary/aromatic N) is 2. The molecule has 0 saturated carbocycles. The second-order valence-corrected chi connectivity index (χ2v) is 6.52. The minimum Gasteiger partial charge on any atom is -0.369 e. The third kappa shape index (κ3) is 3.42. The van der Waals surface area contributed by atoms with Gasteiger partial charge in [0.1, 0.15) is 0 Å². The van der Waals surface area contributed by atoms with Crippen molar-refractivity contribution in [1.82, 2.24) is 0 Å². The Labute approximate surface area is 125 Å². The van der Waals surface area contributed by atoms with Crippen LogP contribution in [0.2, 0.25) is 0 Å². The Morgan fingerprint density at radius 1 is 1.58 bits per heavy atom. The van der Waals surface area contributed by atoms with Crippen LogP contribution >= 0.6 is 27.7 Å². The summed E-state index contributed by atoms with van der Waals surface area (Å²) in [5, 5.41) is 12.1. The van der Waals surface area contributed by atoms with E-state index in [2.05, 4.69) is 27.8 Å². The van der Waals surface area contributed by atoms with Crippen molar-refractivity contribution >= 4 is 39.1 Å². The molecular formula is C13H17BrN2O2S. The van der Waals surface area contributed by atoms with Gasteiger partial charge in [0.25, 0.3) is 5.69 Å². The van der Waals surface area contributed by atoms with Crippen molar-refractivity contribution in [3.05, 3.63) is 33.9 Å². The van der Waals surface area contributed by atoms with Gasteiger partial charge in [0.2, 0.25) is 0 Å². The van der Waals surface area contributed by atoms with Crippen LogP contribution < -0.4 is 4.90 Å². The predicted molar refractivity (Wildman–Crippen MR) is 84.5 cm³/mol. The smallest absolute Gasteiger partial charge is 0.269 e. The molecular weight excluding hydrogens is 328 g/mol. The molecule has 0 aromatic heterocycles. The first-order valence-corrected chi connectivity index (χ1v) is 8.52. The van der Waals surface area contributed by atoms with Gasteiger partial charge >= 0.3 is 0 Å². The van der Waals surface area contributed by atoms with Crippen molar-refractivity contribution in [2.75, 3.05) is 23.7 Å². The van der Waals surface area contributed by atoms with Crippen molar-refractivity contribution in [3.8, 4) is 0 Å². The zero-order valence-electron chi connectivity index (χ0n) is 10.8. The van der Waals surface area contributed by atoms with Crippen LogP contribution in [-0.2, 0) is 5.33 Å². The molecule has 19 heavy (non-hydrogen) atoms. The van der Waals surface area contributed by atoms with Crippen LogP contribution in [0.4, 0.5) is 11.4 Å². The summed E-state index contributed by atoms with van der Waals surface area (Å²) in [5.74, 6) is 1.12. The molecule has 0 spiro atoms. The fraction of sp³-hybridized carbons (Fsp3) is 0.538. The number of benzene rings is 1. The summed E-state index contributed by atoms with van der Waals surface area (Å²) in [6, 6.07) is 5.16. The highest BCUT2D eigenvalue weighted by molar-refractivity contribution is 9.08. The summed E-state index contributed by atoms with van der Waals surface area (Å²) < 4.78 is 0. The van der Waals surface area contributed by atoms with E-state index in [9.17, 15) is 10.1 Å². The molecule has 104 valence electrons. The molecule has 0 amide bonds. The molecule has 4 nitrogen and oxygen atoms in total. The SMILES string of the molecule is CCC1CN(c2ccc([N+](=O)[O-])cc2CBr)CCS1. The van der Waals surface area contributed by atoms with E-state index in [1.54, 1.807) is 12.1 Å². The maximum absolute atomic E-state index is 10.8. The van der Waals surface area contributed by atoms with Gasteiger partial charge in [0.15, 0.2) is 0 Å². The minimum absolute atomic E-state index is 0.164. The molecule has 1 fully saturated rings. The Bertz CT molecular complexity index is 470. The molecule has 0 N–H and O–H groups in total. The second kappa shape index (κ2) is 6.61. The fourth-order valence-electron chi connectivity index (χ4n) is 2.29. The highest BCUT2D eigenvalue weighted by atomic mass is 79.9. The van der Waals surface area contributed by atoms with Crippen LogP contribution in [0.15, 0.2) is 18.2 Å². The average molecular weight is 345 g/mol. The van der Waals surface area contributed by atoms with E-state index >= 15 is 0 Å². The van der Waals surface area contributed by atoms with Crippen LogP contribution in [0.1, 0.15) is 18.9 Å². The molecule has 1 saturated heterocycles. The second-order valence-electron chi connectivity index (χ2n) is 4.55. The average Bonchev–Trinajstić information content (AvgIpc) is 2.46. The molecule has 0 bridgehead atoms. The maximum Gasteiger partial charge on any atom is 0.269 e. The Hall–Kier alpha value is -0.750. The van der Waals surface area contributed by atoms with Gasteiger partial charge in [0.05, 0.1) is 4.92 Å². The van der Waals surface area contributed by atoms with E-state index in [-0.39, 0.29) is 10.6 Å². The summed E-state index contributed by atoms with van der Waals surface area (Å²) in [6.45, 7) is 4.25. The van der Waals surface area contributed by atoms with Crippen LogP contribution in [0.5, 0.6) is 0 Å². The van der Waals surface area contributed by atoms with Crippen molar-refractivity contribution in [1.29, 1.82) is 0 Å². The number of nitro benzene ring substituents is 1. The number of halogens is 1. The lowest BCUT2D eigenvalue weighted by Gasteiger charge is -2.34. The Morgan fingerprint density at radius 2 is 2.37 bits per heavy atom. The molecule has 2 rings (SSSR count). The summed E-state index contributed by atoms with van der Waals surface area (Å²) >= 11 is 5.46. The first-order valence-electron chi connectivity index (χ1n) is 6.35. The first-order chi connectivity index (χ1) is 9.15. The molecule has 0 radical (unpaired) electrons. The molecule has 6 heteroatoms. The Balaban J connectivity index is 2.26.